The second kappa shape index (κ2) is 21.8. The number of benzene rings is 5. The van der Waals surface area contributed by atoms with E-state index in [1.54, 1.807) is 48.7 Å². The molecule has 7 rings (SSSR count). The number of aromatic nitrogens is 1. The van der Waals surface area contributed by atoms with E-state index in [0.717, 1.165) is 29.5 Å². The molecule has 0 bridgehead atoms. The number of aliphatic hydroxyl groups excluding tert-OH is 1. The molecule has 7 unspecified atom stereocenters. The van der Waals surface area contributed by atoms with Gasteiger partial charge in [0.2, 0.25) is 5.91 Å². The van der Waals surface area contributed by atoms with E-state index in [2.05, 4.69) is 5.32 Å². The standard InChI is InChI=1S/C50H56N2O9S/c1-36(43-32-52(44-29-17-16-28-42(43)44)62(55,56)41-26-14-6-15-27-41)61-47-45(54)46(57-31-19-7-18-30-51-37(2)53)48(58-33-38-20-8-3-9-21-38)50(60-35-40-24-12-5-13-25-40)49(47)59-34-39-22-10-4-11-23-39/h3-6,8-17,20-29,32,36,45-50,54H,7,18-19,30-31,33-35H2,1-2H3,(H,51,53). The normalized spacial score (nSPS) is 20.8. The van der Waals surface area contributed by atoms with Crippen molar-refractivity contribution in [3.8, 4) is 0 Å². The van der Waals surface area contributed by atoms with Gasteiger partial charge in [0, 0.05) is 37.2 Å². The molecule has 1 aromatic heterocycles. The van der Waals surface area contributed by atoms with E-state index in [1.807, 2.05) is 110 Å². The zero-order valence-electron chi connectivity index (χ0n) is 35.2. The zero-order valence-corrected chi connectivity index (χ0v) is 36.0. The lowest BCUT2D eigenvalue weighted by Crippen LogP contribution is -2.67. The van der Waals surface area contributed by atoms with Crippen LogP contribution in [0.1, 0.15) is 61.5 Å². The van der Waals surface area contributed by atoms with Gasteiger partial charge in [0.1, 0.15) is 36.6 Å². The maximum atomic E-state index is 14.1. The van der Waals surface area contributed by atoms with Crippen molar-refractivity contribution >= 4 is 26.8 Å². The largest absolute Gasteiger partial charge is 0.387 e. The number of para-hydroxylation sites is 1. The first kappa shape index (κ1) is 44.9. The fourth-order valence-electron chi connectivity index (χ4n) is 7.96. The van der Waals surface area contributed by atoms with Gasteiger partial charge in [-0.1, -0.05) is 127 Å². The number of hydrogen-bond acceptors (Lipinski definition) is 9. The topological polar surface area (TPSA) is 135 Å². The van der Waals surface area contributed by atoms with Gasteiger partial charge in [0.25, 0.3) is 10.0 Å². The second-order valence-corrected chi connectivity index (χ2v) is 17.4. The summed E-state index contributed by atoms with van der Waals surface area (Å²) in [5, 5.41) is 16.2. The summed E-state index contributed by atoms with van der Waals surface area (Å²) >= 11 is 0. The Morgan fingerprint density at radius 2 is 1.11 bits per heavy atom. The van der Waals surface area contributed by atoms with Crippen LogP contribution in [0.25, 0.3) is 10.9 Å². The van der Waals surface area contributed by atoms with Crippen LogP contribution in [0, 0.1) is 0 Å². The molecule has 11 nitrogen and oxygen atoms in total. The number of rotatable bonds is 21. The minimum Gasteiger partial charge on any atom is -0.387 e. The van der Waals surface area contributed by atoms with Crippen LogP contribution in [0.5, 0.6) is 0 Å². The van der Waals surface area contributed by atoms with Crippen molar-refractivity contribution in [3.63, 3.8) is 0 Å². The molecule has 0 aliphatic heterocycles. The molecule has 1 saturated carbocycles. The first-order valence-electron chi connectivity index (χ1n) is 21.3. The SMILES string of the molecule is CC(=O)NCCCCCOC1C(O)C(OC(C)c2cn(S(=O)(=O)c3ccccc3)c3ccccc23)C(OCc2ccccc2)C(OCc2ccccc2)C1OCc1ccccc1. The van der Waals surface area contributed by atoms with E-state index in [-0.39, 0.29) is 30.6 Å². The Bertz CT molecular complexity index is 2400. The number of unbranched alkanes of at least 4 members (excludes halogenated alkanes) is 2. The molecule has 5 aromatic carbocycles. The minimum atomic E-state index is -3.97. The Kier molecular flexibility index (Phi) is 15.7. The highest BCUT2D eigenvalue weighted by Gasteiger charge is 2.54. The lowest BCUT2D eigenvalue weighted by atomic mass is 9.83. The molecule has 1 heterocycles. The van der Waals surface area contributed by atoms with Crippen molar-refractivity contribution in [3.05, 3.63) is 174 Å². The van der Waals surface area contributed by atoms with Gasteiger partial charge in [0.05, 0.1) is 36.3 Å². The number of carbonyl (C=O) groups excluding carboxylic acids is 1. The molecule has 1 aliphatic carbocycles. The van der Waals surface area contributed by atoms with Gasteiger partial charge in [0.15, 0.2) is 0 Å². The zero-order chi connectivity index (χ0) is 43.3. The molecule has 1 amide bonds. The molecule has 7 atom stereocenters. The molecular formula is C50H56N2O9S. The van der Waals surface area contributed by atoms with Crippen LogP contribution in [-0.4, -0.2) is 73.2 Å². The second-order valence-electron chi connectivity index (χ2n) is 15.6. The first-order valence-corrected chi connectivity index (χ1v) is 22.7. The number of hydrogen-bond donors (Lipinski definition) is 2. The molecule has 0 spiro atoms. The van der Waals surface area contributed by atoms with Gasteiger partial charge < -0.3 is 34.1 Å². The summed E-state index contributed by atoms with van der Waals surface area (Å²) in [7, 11) is -3.97. The number of amides is 1. The lowest BCUT2D eigenvalue weighted by molar-refractivity contribution is -0.285. The predicted molar refractivity (Wildman–Crippen MR) is 238 cm³/mol. The Labute approximate surface area is 364 Å². The van der Waals surface area contributed by atoms with E-state index in [1.165, 1.54) is 10.9 Å². The third kappa shape index (κ3) is 11.2. The number of ether oxygens (including phenoxy) is 5. The van der Waals surface area contributed by atoms with Crippen molar-refractivity contribution in [2.24, 2.45) is 0 Å². The highest BCUT2D eigenvalue weighted by atomic mass is 32.2. The number of nitrogens with zero attached hydrogens (tertiary/aromatic N) is 1. The lowest BCUT2D eigenvalue weighted by Gasteiger charge is -2.49. The van der Waals surface area contributed by atoms with E-state index in [4.69, 9.17) is 23.7 Å². The molecule has 12 heteroatoms. The smallest absolute Gasteiger partial charge is 0.268 e. The van der Waals surface area contributed by atoms with Gasteiger partial charge in [-0.25, -0.2) is 12.4 Å². The molecule has 1 fully saturated rings. The van der Waals surface area contributed by atoms with Gasteiger partial charge in [-0.2, -0.15) is 0 Å². The summed E-state index contributed by atoms with van der Waals surface area (Å²) in [4.78, 5) is 11.6. The maximum absolute atomic E-state index is 14.1. The van der Waals surface area contributed by atoms with E-state index in [9.17, 15) is 18.3 Å². The van der Waals surface area contributed by atoms with Crippen LogP contribution in [0.15, 0.2) is 157 Å². The summed E-state index contributed by atoms with van der Waals surface area (Å²) in [5.41, 5.74) is 3.92. The number of carbonyl (C=O) groups is 1. The van der Waals surface area contributed by atoms with Crippen molar-refractivity contribution < 1.29 is 42.0 Å². The van der Waals surface area contributed by atoms with Crippen LogP contribution in [0.4, 0.5) is 0 Å². The summed E-state index contributed by atoms with van der Waals surface area (Å²) in [5.74, 6) is -0.0711. The summed E-state index contributed by atoms with van der Waals surface area (Å²) in [6.07, 6.45) is -2.57. The Hall–Kier alpha value is -5.18. The monoisotopic (exact) mass is 860 g/mol. The molecule has 1 aliphatic rings. The number of nitrogens with one attached hydrogen (secondary N) is 1. The highest BCUT2D eigenvalue weighted by molar-refractivity contribution is 7.90. The van der Waals surface area contributed by atoms with E-state index in [0.29, 0.717) is 36.0 Å². The van der Waals surface area contributed by atoms with Gasteiger partial charge in [-0.05, 0) is 61.1 Å². The molecule has 0 saturated heterocycles. The predicted octanol–water partition coefficient (Wildman–Crippen LogP) is 8.15. The molecule has 62 heavy (non-hydrogen) atoms. The average Bonchev–Trinajstić information content (AvgIpc) is 3.70. The van der Waals surface area contributed by atoms with Gasteiger partial charge >= 0.3 is 0 Å². The summed E-state index contributed by atoms with van der Waals surface area (Å²) < 4.78 is 63.6. The molecule has 326 valence electrons. The van der Waals surface area contributed by atoms with Crippen LogP contribution in [0.3, 0.4) is 0 Å². The fourth-order valence-corrected chi connectivity index (χ4v) is 9.36. The van der Waals surface area contributed by atoms with Crippen LogP contribution < -0.4 is 5.32 Å². The van der Waals surface area contributed by atoms with E-state index >= 15 is 0 Å². The Morgan fingerprint density at radius 3 is 1.66 bits per heavy atom. The number of fused-ring (bicyclic) bond motifs is 1. The fraction of sp³-hybridized carbons (Fsp3) is 0.340. The van der Waals surface area contributed by atoms with Crippen LogP contribution >= 0.6 is 0 Å². The van der Waals surface area contributed by atoms with E-state index < -0.39 is 52.8 Å². The summed E-state index contributed by atoms with van der Waals surface area (Å²) in [6.45, 7) is 4.87. The molecule has 0 radical (unpaired) electrons. The van der Waals surface area contributed by atoms with Crippen molar-refractivity contribution in [2.45, 2.75) is 101 Å². The van der Waals surface area contributed by atoms with Crippen LogP contribution in [0.2, 0.25) is 0 Å². The third-order valence-corrected chi connectivity index (χ3v) is 12.8. The first-order chi connectivity index (χ1) is 30.2. The third-order valence-electron chi connectivity index (χ3n) is 11.1. The van der Waals surface area contributed by atoms with Crippen molar-refractivity contribution in [1.29, 1.82) is 0 Å². The molecule has 2 N–H and O–H groups in total. The molecule has 6 aromatic rings. The number of aliphatic hydroxyl groups is 1. The summed E-state index contributed by atoms with van der Waals surface area (Å²) in [6, 6.07) is 45.1. The Balaban J connectivity index is 1.26. The van der Waals surface area contributed by atoms with Gasteiger partial charge in [-0.15, -0.1) is 0 Å². The average molecular weight is 861 g/mol. The minimum absolute atomic E-state index is 0.0711. The van der Waals surface area contributed by atoms with Crippen LogP contribution in [-0.2, 0) is 58.3 Å². The Morgan fingerprint density at radius 1 is 0.629 bits per heavy atom. The van der Waals surface area contributed by atoms with Crippen molar-refractivity contribution in [2.75, 3.05) is 13.2 Å². The quantitative estimate of drug-likeness (QED) is 0.0688. The highest BCUT2D eigenvalue weighted by Crippen LogP contribution is 2.38. The molecular weight excluding hydrogens is 805 g/mol. The van der Waals surface area contributed by atoms with Gasteiger partial charge in [-0.3, -0.25) is 4.79 Å². The maximum Gasteiger partial charge on any atom is 0.268 e. The van der Waals surface area contributed by atoms with Crippen molar-refractivity contribution in [1.82, 2.24) is 9.29 Å².